The smallest absolute Gasteiger partial charge is 0.790 e. The van der Waals surface area contributed by atoms with Crippen LogP contribution in [-0.2, 0) is 59.1 Å². The van der Waals surface area contributed by atoms with Crippen molar-refractivity contribution in [2.45, 2.75) is 0 Å². The van der Waals surface area contributed by atoms with Gasteiger partial charge in [-0.3, -0.25) is 0 Å². The Balaban J connectivity index is -0.0000000159. The molecule has 1 fully saturated rings. The number of hydrogen-bond acceptors (Lipinski definition) is 6. The molecule has 154 valence electrons. The first-order chi connectivity index (χ1) is 7.00. The van der Waals surface area contributed by atoms with Crippen molar-refractivity contribution in [3.05, 3.63) is 0 Å². The van der Waals surface area contributed by atoms with Crippen LogP contribution in [0.15, 0.2) is 0 Å². The predicted octanol–water partition coefficient (Wildman–Crippen LogP) is -12.8. The average Bonchev–Trinajstić information content (AvgIpc) is 2.01. The number of piperazine rings is 1. The van der Waals surface area contributed by atoms with Crippen molar-refractivity contribution in [3.8, 4) is 0 Å². The van der Waals surface area contributed by atoms with E-state index in [4.69, 9.17) is 38.5 Å². The Morgan fingerprint density at radius 3 is 0.739 bits per heavy atom. The Labute approximate surface area is 141 Å². The number of nitrogens with two attached hydrogens (primary N) is 2. The molecule has 0 atom stereocenters. The molecule has 0 amide bonds. The molecule has 0 unspecified atom stereocenters. The summed E-state index contributed by atoms with van der Waals surface area (Å²) in [6.45, 7) is 5.28. The van der Waals surface area contributed by atoms with Crippen LogP contribution in [0.4, 0.5) is 0 Å². The van der Waals surface area contributed by atoms with Gasteiger partial charge in [-0.05, 0) is 0 Å². The van der Waals surface area contributed by atoms with E-state index in [0.29, 0.717) is 0 Å². The molecule has 1 saturated heterocycles. The summed E-state index contributed by atoms with van der Waals surface area (Å²) in [5, 5.41) is 4.72. The molecule has 0 aliphatic carbocycles. The summed E-state index contributed by atoms with van der Waals surface area (Å²) in [4.78, 5) is 48.6. The second kappa shape index (κ2) is 30.3. The summed E-state index contributed by atoms with van der Waals surface area (Å²) in [6, 6.07) is 0. The van der Waals surface area contributed by atoms with Gasteiger partial charge in [0.15, 0.2) is 0 Å². The van der Waals surface area contributed by atoms with E-state index >= 15 is 0 Å². The molecule has 0 spiro atoms. The van der Waals surface area contributed by atoms with Crippen molar-refractivity contribution in [2.24, 2.45) is 0 Å². The minimum Gasteiger partial charge on any atom is -0.790 e. The minimum absolute atomic E-state index is 0. The summed E-state index contributed by atoms with van der Waals surface area (Å²) >= 11 is 0. The Morgan fingerprint density at radius 2 is 0.696 bits per heavy atom. The molecule has 0 aromatic rings. The molecule has 16 nitrogen and oxygen atoms in total. The van der Waals surface area contributed by atoms with Crippen LogP contribution in [0.25, 0.3) is 0 Å². The topological polar surface area (TPSA) is 398 Å². The normalized spacial score (nSPS) is 11.4. The van der Waals surface area contributed by atoms with Crippen molar-refractivity contribution in [1.82, 2.24) is 0 Å². The second-order valence-corrected chi connectivity index (χ2v) is 4.54. The second-order valence-electron chi connectivity index (χ2n) is 2.67. The maximum atomic E-state index is 8.66. The molecule has 0 saturated carbocycles. The van der Waals surface area contributed by atoms with Crippen molar-refractivity contribution in [2.75, 3.05) is 26.2 Å². The van der Waals surface area contributed by atoms with Crippen LogP contribution in [0, 0.1) is 0 Å². The molecule has 0 aromatic heterocycles. The first-order valence-electron chi connectivity index (χ1n) is 4.13. The zero-order valence-electron chi connectivity index (χ0n) is 12.0. The van der Waals surface area contributed by atoms with Gasteiger partial charge in [-0.1, -0.05) is 0 Å². The molecule has 1 heterocycles. The van der Waals surface area contributed by atoms with E-state index in [1.165, 1.54) is 26.2 Å². The Morgan fingerprint density at radius 1 is 0.609 bits per heavy atom. The van der Waals surface area contributed by atoms with E-state index < -0.39 is 15.6 Å². The zero-order chi connectivity index (χ0) is 13.2. The first kappa shape index (κ1) is 56.6. The SMILES string of the molecule is C1C[NH2+]CC[NH2+]1.O=P([O-])([O-])O.O=P([O-])([O-])O.[Fe+2].[OH3+].[OH3+].[OH3+].[OH3+].[OH3+].[OH3+]. The third kappa shape index (κ3) is 227. The minimum atomic E-state index is -5.14. The summed E-state index contributed by atoms with van der Waals surface area (Å²) in [7, 11) is -10.3. The third-order valence-electron chi connectivity index (χ3n) is 1.15. The number of hydrogen-bond donors (Lipinski definition) is 4. The van der Waals surface area contributed by atoms with E-state index in [-0.39, 0.29) is 49.9 Å². The molecular weight excluding hydrogens is 418 g/mol. The van der Waals surface area contributed by atoms with Gasteiger partial charge in [0.05, 0.1) is 15.6 Å². The largest absolute Gasteiger partial charge is 2.00 e. The van der Waals surface area contributed by atoms with E-state index in [1.807, 2.05) is 0 Å². The first-order valence-corrected chi connectivity index (χ1v) is 7.12. The van der Waals surface area contributed by atoms with Crippen molar-refractivity contribution >= 4 is 15.6 Å². The van der Waals surface area contributed by atoms with Gasteiger partial charge in [0.1, 0.15) is 26.2 Å². The molecule has 19 heteroatoms. The molecule has 0 radical (unpaired) electrons. The summed E-state index contributed by atoms with van der Waals surface area (Å²) < 4.78 is 17.3. The Hall–Kier alpha value is 0.419. The molecule has 1 aliphatic rings. The number of quaternary nitrogens is 2. The van der Waals surface area contributed by atoms with Crippen LogP contribution in [0.3, 0.4) is 0 Å². The van der Waals surface area contributed by atoms with Gasteiger partial charge in [-0.15, -0.1) is 0 Å². The van der Waals surface area contributed by atoms with Crippen LogP contribution in [-0.4, -0.2) is 36.0 Å². The van der Waals surface area contributed by atoms with Gasteiger partial charge in [-0.2, -0.15) is 0 Å². The molecule has 0 bridgehead atoms. The van der Waals surface area contributed by atoms with Crippen LogP contribution in [0.5, 0.6) is 0 Å². The molecule has 24 N–H and O–H groups in total. The Kier molecular flexibility index (Phi) is 74.6. The monoisotopic (exact) mass is 450 g/mol. The predicted molar refractivity (Wildman–Crippen MR) is 72.2 cm³/mol. The standard InChI is InChI=1S/C4H10N2.Fe.2H3O4P.6H2O/c1-2-6-4-3-5-1;;2*1-5(2,3)4;;;;;;/h5-6H,1-4H2;;2*(H3,1,2,3,4);6*1H2/q;+2;;;;;;;;/p+4. The Bertz CT molecular complexity index is 207. The molecule has 23 heavy (non-hydrogen) atoms. The number of rotatable bonds is 0. The zero-order valence-corrected chi connectivity index (χ0v) is 14.9. The van der Waals surface area contributed by atoms with Crippen LogP contribution in [0.1, 0.15) is 0 Å². The van der Waals surface area contributed by atoms with Gasteiger partial charge in [0.2, 0.25) is 0 Å². The van der Waals surface area contributed by atoms with E-state index in [2.05, 4.69) is 10.6 Å². The van der Waals surface area contributed by atoms with Gasteiger partial charge >= 0.3 is 17.1 Å². The van der Waals surface area contributed by atoms with E-state index in [0.717, 1.165) is 0 Å². The van der Waals surface area contributed by atoms with Crippen molar-refractivity contribution < 1.29 is 99.0 Å². The van der Waals surface area contributed by atoms with Gasteiger partial charge in [0, 0.05) is 0 Å². The molecule has 0 aromatic carbocycles. The number of phosphoric acid groups is 2. The quantitative estimate of drug-likeness (QED) is 0.155. The maximum Gasteiger partial charge on any atom is 2.00 e. The fraction of sp³-hybridized carbons (Fsp3) is 1.00. The molecular formula is C4H32FeN2O14P2+6. The molecule has 1 aliphatic heterocycles. The van der Waals surface area contributed by atoms with E-state index in [9.17, 15) is 0 Å². The summed E-state index contributed by atoms with van der Waals surface area (Å²) in [5.41, 5.74) is 0. The fourth-order valence-electron chi connectivity index (χ4n) is 0.760. The molecule has 1 rings (SSSR count). The summed E-state index contributed by atoms with van der Waals surface area (Å²) in [6.07, 6.45) is 0. The van der Waals surface area contributed by atoms with Crippen molar-refractivity contribution in [3.63, 3.8) is 0 Å². The van der Waals surface area contributed by atoms with Gasteiger partial charge in [-0.25, -0.2) is 0 Å². The third-order valence-corrected chi connectivity index (χ3v) is 1.15. The fourth-order valence-corrected chi connectivity index (χ4v) is 0.760. The average molecular weight is 450 g/mol. The van der Waals surface area contributed by atoms with Crippen molar-refractivity contribution in [1.29, 1.82) is 0 Å². The maximum absolute atomic E-state index is 8.66. The van der Waals surface area contributed by atoms with Gasteiger partial charge in [0.25, 0.3) is 0 Å². The van der Waals surface area contributed by atoms with Crippen LogP contribution < -0.4 is 30.2 Å². The van der Waals surface area contributed by atoms with Crippen LogP contribution in [0.2, 0.25) is 0 Å². The summed E-state index contributed by atoms with van der Waals surface area (Å²) in [5.74, 6) is 0. The van der Waals surface area contributed by atoms with E-state index in [1.54, 1.807) is 0 Å². The van der Waals surface area contributed by atoms with Gasteiger partial charge < -0.3 is 82.0 Å². The van der Waals surface area contributed by atoms with Crippen LogP contribution >= 0.6 is 15.6 Å².